The fourth-order valence-corrected chi connectivity index (χ4v) is 1.40. The van der Waals surface area contributed by atoms with Crippen LogP contribution in [-0.2, 0) is 4.79 Å². The number of aliphatic carboxylic acids is 1. The Morgan fingerprint density at radius 2 is 2.08 bits per heavy atom. The monoisotopic (exact) mass is 178 g/mol. The Hall–Kier alpha value is -0.670. The number of hydrogen-bond donors (Lipinski definition) is 1. The zero-order valence-electron chi connectivity index (χ0n) is 6.89. The molecule has 0 heterocycles. The van der Waals surface area contributed by atoms with E-state index in [4.69, 9.17) is 5.11 Å². The number of alkyl halides is 2. The van der Waals surface area contributed by atoms with Crippen molar-refractivity contribution in [1.82, 2.24) is 0 Å². The predicted octanol–water partition coefficient (Wildman–Crippen LogP) is 2.14. The Labute approximate surface area is 69.6 Å². The summed E-state index contributed by atoms with van der Waals surface area (Å²) in [7, 11) is 0. The minimum Gasteiger partial charge on any atom is -0.481 e. The van der Waals surface area contributed by atoms with Gasteiger partial charge in [-0.15, -0.1) is 0 Å². The third-order valence-electron chi connectivity index (χ3n) is 2.63. The first-order valence-electron chi connectivity index (χ1n) is 3.96. The molecule has 1 atom stereocenters. The quantitative estimate of drug-likeness (QED) is 0.716. The fraction of sp³-hybridized carbons (Fsp3) is 0.875. The molecule has 12 heavy (non-hydrogen) atoms. The smallest absolute Gasteiger partial charge is 0.303 e. The second kappa shape index (κ2) is 2.99. The Kier molecular flexibility index (Phi) is 2.35. The van der Waals surface area contributed by atoms with E-state index in [9.17, 15) is 13.6 Å². The first-order valence-corrected chi connectivity index (χ1v) is 3.96. The van der Waals surface area contributed by atoms with Crippen LogP contribution in [0.15, 0.2) is 0 Å². The van der Waals surface area contributed by atoms with Gasteiger partial charge in [0.15, 0.2) is 0 Å². The van der Waals surface area contributed by atoms with Crippen LogP contribution in [0.3, 0.4) is 0 Å². The summed E-state index contributed by atoms with van der Waals surface area (Å²) >= 11 is 0. The number of carboxylic acid groups (broad SMARTS) is 1. The molecular weight excluding hydrogens is 166 g/mol. The van der Waals surface area contributed by atoms with Gasteiger partial charge in [0.1, 0.15) is 0 Å². The summed E-state index contributed by atoms with van der Waals surface area (Å²) in [5.41, 5.74) is -0.410. The molecule has 1 saturated carbocycles. The van der Waals surface area contributed by atoms with E-state index in [-0.39, 0.29) is 0 Å². The second-order valence-corrected chi connectivity index (χ2v) is 3.69. The van der Waals surface area contributed by atoms with Gasteiger partial charge in [-0.3, -0.25) is 4.79 Å². The molecule has 1 aliphatic carbocycles. The molecule has 0 saturated heterocycles. The number of halogens is 2. The molecule has 1 fully saturated rings. The standard InChI is InChI=1S/C8H12F2O2/c1-8(2-3-8)5(7(9)10)4-6(11)12/h5,7H,2-4H2,1H3,(H,11,12). The second-order valence-electron chi connectivity index (χ2n) is 3.69. The number of carboxylic acids is 1. The molecule has 0 bridgehead atoms. The number of hydrogen-bond acceptors (Lipinski definition) is 1. The summed E-state index contributed by atoms with van der Waals surface area (Å²) in [6, 6.07) is 0. The largest absolute Gasteiger partial charge is 0.481 e. The summed E-state index contributed by atoms with van der Waals surface area (Å²) in [4.78, 5) is 10.3. The maximum atomic E-state index is 12.3. The summed E-state index contributed by atoms with van der Waals surface area (Å²) in [6.45, 7) is 1.73. The zero-order chi connectivity index (χ0) is 9.35. The van der Waals surface area contributed by atoms with Crippen LogP contribution in [0.2, 0.25) is 0 Å². The summed E-state index contributed by atoms with van der Waals surface area (Å²) < 4.78 is 24.7. The molecule has 0 aliphatic heterocycles. The van der Waals surface area contributed by atoms with Crippen LogP contribution < -0.4 is 0 Å². The molecule has 0 aromatic heterocycles. The van der Waals surface area contributed by atoms with Crippen molar-refractivity contribution < 1.29 is 18.7 Å². The van der Waals surface area contributed by atoms with Gasteiger partial charge in [0.2, 0.25) is 6.43 Å². The minimum absolute atomic E-state index is 0.409. The fourth-order valence-electron chi connectivity index (χ4n) is 1.40. The molecule has 4 heteroatoms. The normalized spacial score (nSPS) is 22.3. The summed E-state index contributed by atoms with van der Waals surface area (Å²) in [6.07, 6.45) is -1.45. The van der Waals surface area contributed by atoms with E-state index in [1.54, 1.807) is 6.92 Å². The molecular formula is C8H12F2O2. The van der Waals surface area contributed by atoms with Gasteiger partial charge in [0.25, 0.3) is 0 Å². The van der Waals surface area contributed by atoms with E-state index in [1.165, 1.54) is 0 Å². The van der Waals surface area contributed by atoms with E-state index >= 15 is 0 Å². The van der Waals surface area contributed by atoms with Crippen LogP contribution in [-0.4, -0.2) is 17.5 Å². The highest BCUT2D eigenvalue weighted by atomic mass is 19.3. The molecule has 1 N–H and O–H groups in total. The third-order valence-corrected chi connectivity index (χ3v) is 2.63. The van der Waals surface area contributed by atoms with Gasteiger partial charge in [-0.2, -0.15) is 0 Å². The van der Waals surface area contributed by atoms with E-state index < -0.39 is 30.1 Å². The lowest BCUT2D eigenvalue weighted by atomic mass is 9.88. The van der Waals surface area contributed by atoms with Crippen LogP contribution in [0.25, 0.3) is 0 Å². The van der Waals surface area contributed by atoms with Crippen LogP contribution in [0.1, 0.15) is 26.2 Å². The molecule has 2 nitrogen and oxygen atoms in total. The van der Waals surface area contributed by atoms with Crippen molar-refractivity contribution in [3.8, 4) is 0 Å². The topological polar surface area (TPSA) is 37.3 Å². The molecule has 1 rings (SSSR count). The van der Waals surface area contributed by atoms with Crippen molar-refractivity contribution in [3.63, 3.8) is 0 Å². The van der Waals surface area contributed by atoms with E-state index in [0.717, 1.165) is 12.8 Å². The van der Waals surface area contributed by atoms with Gasteiger partial charge in [-0.05, 0) is 18.3 Å². The first-order chi connectivity index (χ1) is 5.46. The third kappa shape index (κ3) is 1.93. The van der Waals surface area contributed by atoms with Gasteiger partial charge in [0, 0.05) is 5.92 Å². The van der Waals surface area contributed by atoms with Crippen molar-refractivity contribution in [2.45, 2.75) is 32.6 Å². The summed E-state index contributed by atoms with van der Waals surface area (Å²) in [5.74, 6) is -2.09. The maximum Gasteiger partial charge on any atom is 0.303 e. The number of rotatable bonds is 4. The van der Waals surface area contributed by atoms with Crippen molar-refractivity contribution in [1.29, 1.82) is 0 Å². The molecule has 1 unspecified atom stereocenters. The van der Waals surface area contributed by atoms with Gasteiger partial charge in [0.05, 0.1) is 6.42 Å². The highest BCUT2D eigenvalue weighted by Crippen LogP contribution is 2.54. The Morgan fingerprint density at radius 3 is 2.33 bits per heavy atom. The van der Waals surface area contributed by atoms with Gasteiger partial charge >= 0.3 is 5.97 Å². The van der Waals surface area contributed by atoms with Crippen LogP contribution in [0.4, 0.5) is 8.78 Å². The van der Waals surface area contributed by atoms with Crippen molar-refractivity contribution >= 4 is 5.97 Å². The van der Waals surface area contributed by atoms with Gasteiger partial charge < -0.3 is 5.11 Å². The minimum atomic E-state index is -2.51. The highest BCUT2D eigenvalue weighted by molar-refractivity contribution is 5.67. The molecule has 0 amide bonds. The SMILES string of the molecule is CC1(C(CC(=O)O)C(F)F)CC1. The van der Waals surface area contributed by atoms with E-state index in [0.29, 0.717) is 0 Å². The first kappa shape index (κ1) is 9.42. The lowest BCUT2D eigenvalue weighted by Crippen LogP contribution is -2.24. The molecule has 0 radical (unpaired) electrons. The van der Waals surface area contributed by atoms with Gasteiger partial charge in [-0.25, -0.2) is 8.78 Å². The lowest BCUT2D eigenvalue weighted by Gasteiger charge is -2.20. The Morgan fingerprint density at radius 1 is 1.58 bits per heavy atom. The summed E-state index contributed by atoms with van der Waals surface area (Å²) in [5, 5.41) is 8.39. The Balaban J connectivity index is 2.56. The Bertz CT molecular complexity index is 187. The predicted molar refractivity (Wildman–Crippen MR) is 39.1 cm³/mol. The lowest BCUT2D eigenvalue weighted by molar-refractivity contribution is -0.140. The maximum absolute atomic E-state index is 12.3. The molecule has 70 valence electrons. The molecule has 0 aromatic carbocycles. The van der Waals surface area contributed by atoms with Gasteiger partial charge in [-0.1, -0.05) is 6.92 Å². The zero-order valence-corrected chi connectivity index (χ0v) is 6.89. The van der Waals surface area contributed by atoms with Crippen molar-refractivity contribution in [2.24, 2.45) is 11.3 Å². The molecule has 0 aromatic rings. The average molecular weight is 178 g/mol. The van der Waals surface area contributed by atoms with E-state index in [2.05, 4.69) is 0 Å². The van der Waals surface area contributed by atoms with Crippen LogP contribution in [0.5, 0.6) is 0 Å². The average Bonchev–Trinajstić information content (AvgIpc) is 2.63. The molecule has 0 spiro atoms. The number of carbonyl (C=O) groups is 1. The van der Waals surface area contributed by atoms with Crippen LogP contribution in [0, 0.1) is 11.3 Å². The van der Waals surface area contributed by atoms with Crippen molar-refractivity contribution in [2.75, 3.05) is 0 Å². The molecule has 1 aliphatic rings. The highest BCUT2D eigenvalue weighted by Gasteiger charge is 2.49. The van der Waals surface area contributed by atoms with Crippen LogP contribution >= 0.6 is 0 Å². The van der Waals surface area contributed by atoms with Crippen molar-refractivity contribution in [3.05, 3.63) is 0 Å². The van der Waals surface area contributed by atoms with E-state index in [1.807, 2.05) is 0 Å².